The third-order valence-corrected chi connectivity index (χ3v) is 5.09. The fraction of sp³-hybridized carbons (Fsp3) is 0.750. The number of primary amides is 1. The predicted octanol–water partition coefficient (Wildman–Crippen LogP) is 2.09. The lowest BCUT2D eigenvalue weighted by molar-refractivity contribution is -0.123. The van der Waals surface area contributed by atoms with Crippen LogP contribution in [-0.4, -0.2) is 33.4 Å². The highest BCUT2D eigenvalue weighted by atomic mass is 16.1. The van der Waals surface area contributed by atoms with Crippen LogP contribution in [0, 0.1) is 5.92 Å². The number of amides is 1. The Morgan fingerprint density at radius 1 is 1.19 bits per heavy atom. The van der Waals surface area contributed by atoms with E-state index in [9.17, 15) is 4.79 Å². The molecule has 0 atom stereocenters. The van der Waals surface area contributed by atoms with E-state index in [0.29, 0.717) is 6.04 Å². The van der Waals surface area contributed by atoms with Crippen molar-refractivity contribution in [2.75, 3.05) is 13.1 Å². The van der Waals surface area contributed by atoms with Crippen LogP contribution in [0.4, 0.5) is 0 Å². The number of nitrogens with two attached hydrogens (primary N) is 1. The molecule has 1 aromatic rings. The Bertz CT molecular complexity index is 470. The molecule has 0 spiro atoms. The quantitative estimate of drug-likeness (QED) is 0.923. The molecule has 21 heavy (non-hydrogen) atoms. The van der Waals surface area contributed by atoms with Crippen LogP contribution in [0.1, 0.15) is 56.7 Å². The van der Waals surface area contributed by atoms with Crippen molar-refractivity contribution in [2.24, 2.45) is 11.7 Å². The van der Waals surface area contributed by atoms with Gasteiger partial charge in [-0.05, 0) is 38.8 Å². The van der Waals surface area contributed by atoms with E-state index in [0.717, 1.165) is 32.5 Å². The highest BCUT2D eigenvalue weighted by Gasteiger charge is 2.24. The number of hydrogen-bond acceptors (Lipinski definition) is 3. The van der Waals surface area contributed by atoms with Gasteiger partial charge in [-0.15, -0.1) is 0 Å². The number of carbonyl (C=O) groups excluding carboxylic acids is 1. The van der Waals surface area contributed by atoms with Gasteiger partial charge in [0.1, 0.15) is 0 Å². The Hall–Kier alpha value is -1.36. The zero-order chi connectivity index (χ0) is 14.7. The largest absolute Gasteiger partial charge is 0.369 e. The van der Waals surface area contributed by atoms with Gasteiger partial charge >= 0.3 is 0 Å². The summed E-state index contributed by atoms with van der Waals surface area (Å²) in [7, 11) is 0. The number of hydrogen-bond donors (Lipinski definition) is 1. The average Bonchev–Trinajstić information content (AvgIpc) is 2.97. The molecule has 116 valence electrons. The Morgan fingerprint density at radius 2 is 1.90 bits per heavy atom. The zero-order valence-electron chi connectivity index (χ0n) is 12.7. The molecule has 0 aromatic carbocycles. The van der Waals surface area contributed by atoms with Crippen molar-refractivity contribution in [1.82, 2.24) is 14.5 Å². The van der Waals surface area contributed by atoms with Crippen LogP contribution in [-0.2, 0) is 11.3 Å². The molecule has 1 aliphatic heterocycles. The highest BCUT2D eigenvalue weighted by molar-refractivity contribution is 5.76. The average molecular weight is 290 g/mol. The number of carbonyl (C=O) groups is 1. The van der Waals surface area contributed by atoms with Crippen molar-refractivity contribution in [3.8, 4) is 0 Å². The lowest BCUT2D eigenvalue weighted by atomic mass is 9.95. The van der Waals surface area contributed by atoms with Crippen molar-refractivity contribution in [3.05, 3.63) is 18.2 Å². The summed E-state index contributed by atoms with van der Waals surface area (Å²) in [4.78, 5) is 18.0. The summed E-state index contributed by atoms with van der Waals surface area (Å²) >= 11 is 0. The van der Waals surface area contributed by atoms with Crippen molar-refractivity contribution in [2.45, 2.75) is 57.5 Å². The van der Waals surface area contributed by atoms with Gasteiger partial charge in [-0.3, -0.25) is 9.69 Å². The molecule has 5 heteroatoms. The summed E-state index contributed by atoms with van der Waals surface area (Å²) < 4.78 is 2.39. The van der Waals surface area contributed by atoms with E-state index in [1.54, 1.807) is 0 Å². The fourth-order valence-corrected chi connectivity index (χ4v) is 3.75. The van der Waals surface area contributed by atoms with Gasteiger partial charge in [-0.1, -0.05) is 19.3 Å². The second kappa shape index (κ2) is 6.60. The molecular weight excluding hydrogens is 264 g/mol. The molecule has 0 bridgehead atoms. The topological polar surface area (TPSA) is 64.2 Å². The molecule has 1 aliphatic carbocycles. The van der Waals surface area contributed by atoms with Crippen LogP contribution in [0.5, 0.6) is 0 Å². The molecule has 2 aliphatic rings. The minimum Gasteiger partial charge on any atom is -0.369 e. The van der Waals surface area contributed by atoms with Gasteiger partial charge in [0.05, 0.1) is 12.0 Å². The van der Waals surface area contributed by atoms with E-state index in [2.05, 4.69) is 14.5 Å². The summed E-state index contributed by atoms with van der Waals surface area (Å²) in [5.74, 6) is -0.0635. The van der Waals surface area contributed by atoms with Crippen LogP contribution in [0.15, 0.2) is 12.5 Å². The molecule has 1 saturated carbocycles. The number of rotatable bonds is 4. The molecule has 0 unspecified atom stereocenters. The maximum Gasteiger partial charge on any atom is 0.220 e. The number of aromatic nitrogens is 2. The molecule has 1 aromatic heterocycles. The summed E-state index contributed by atoms with van der Waals surface area (Å²) in [6.07, 6.45) is 12.4. The van der Waals surface area contributed by atoms with E-state index in [1.807, 2.05) is 12.5 Å². The number of piperidine rings is 1. The summed E-state index contributed by atoms with van der Waals surface area (Å²) in [6, 6.07) is 0.638. The van der Waals surface area contributed by atoms with Crippen molar-refractivity contribution < 1.29 is 4.79 Å². The van der Waals surface area contributed by atoms with Gasteiger partial charge in [-0.2, -0.15) is 0 Å². The minimum absolute atomic E-state index is 0.0736. The van der Waals surface area contributed by atoms with Crippen LogP contribution in [0.3, 0.4) is 0 Å². The minimum atomic E-state index is -0.137. The maximum absolute atomic E-state index is 11.2. The van der Waals surface area contributed by atoms with Crippen molar-refractivity contribution in [1.29, 1.82) is 0 Å². The van der Waals surface area contributed by atoms with E-state index in [-0.39, 0.29) is 11.8 Å². The SMILES string of the molecule is NC(=O)C1CCN(Cc2cncn2C2CCCCC2)CC1. The van der Waals surface area contributed by atoms with Crippen LogP contribution < -0.4 is 5.73 Å². The zero-order valence-corrected chi connectivity index (χ0v) is 12.7. The van der Waals surface area contributed by atoms with Crippen LogP contribution in [0.2, 0.25) is 0 Å². The molecule has 1 saturated heterocycles. The molecule has 2 heterocycles. The summed E-state index contributed by atoms with van der Waals surface area (Å²) in [6.45, 7) is 2.87. The van der Waals surface area contributed by atoms with Gasteiger partial charge < -0.3 is 10.3 Å². The van der Waals surface area contributed by atoms with E-state index in [1.165, 1.54) is 37.8 Å². The second-order valence-corrected chi connectivity index (χ2v) is 6.54. The first-order valence-electron chi connectivity index (χ1n) is 8.26. The molecular formula is C16H26N4O. The Morgan fingerprint density at radius 3 is 2.57 bits per heavy atom. The molecule has 0 radical (unpaired) electrons. The van der Waals surface area contributed by atoms with Crippen molar-refractivity contribution in [3.63, 3.8) is 0 Å². The lowest BCUT2D eigenvalue weighted by Crippen LogP contribution is -2.38. The molecule has 2 N–H and O–H groups in total. The van der Waals surface area contributed by atoms with Gasteiger partial charge in [0.15, 0.2) is 0 Å². The Kier molecular flexibility index (Phi) is 4.58. The summed E-state index contributed by atoms with van der Waals surface area (Å²) in [5, 5.41) is 0. The molecule has 3 rings (SSSR count). The Balaban J connectivity index is 1.58. The van der Waals surface area contributed by atoms with Crippen molar-refractivity contribution >= 4 is 5.91 Å². The normalized spacial score (nSPS) is 22.5. The lowest BCUT2D eigenvalue weighted by Gasteiger charge is -2.31. The fourth-order valence-electron chi connectivity index (χ4n) is 3.75. The van der Waals surface area contributed by atoms with E-state index >= 15 is 0 Å². The van der Waals surface area contributed by atoms with Crippen LogP contribution in [0.25, 0.3) is 0 Å². The molecule has 5 nitrogen and oxygen atoms in total. The van der Waals surface area contributed by atoms with E-state index < -0.39 is 0 Å². The first-order chi connectivity index (χ1) is 10.2. The predicted molar refractivity (Wildman–Crippen MR) is 81.5 cm³/mol. The van der Waals surface area contributed by atoms with E-state index in [4.69, 9.17) is 5.73 Å². The number of nitrogens with zero attached hydrogens (tertiary/aromatic N) is 3. The van der Waals surface area contributed by atoms with Gasteiger partial charge in [-0.25, -0.2) is 4.98 Å². The Labute approximate surface area is 126 Å². The first-order valence-corrected chi connectivity index (χ1v) is 8.26. The van der Waals surface area contributed by atoms with Gasteiger partial charge in [0.25, 0.3) is 0 Å². The first kappa shape index (κ1) is 14.6. The number of likely N-dealkylation sites (tertiary alicyclic amines) is 1. The molecule has 2 fully saturated rings. The number of imidazole rings is 1. The standard InChI is InChI=1S/C16H26N4O/c17-16(21)13-6-8-19(9-7-13)11-15-10-18-12-20(15)14-4-2-1-3-5-14/h10,12-14H,1-9,11H2,(H2,17,21). The smallest absolute Gasteiger partial charge is 0.220 e. The second-order valence-electron chi connectivity index (χ2n) is 6.54. The summed E-state index contributed by atoms with van der Waals surface area (Å²) in [5.41, 5.74) is 6.72. The highest BCUT2D eigenvalue weighted by Crippen LogP contribution is 2.29. The third-order valence-electron chi connectivity index (χ3n) is 5.09. The van der Waals surface area contributed by atoms with Gasteiger partial charge in [0, 0.05) is 24.7 Å². The third kappa shape index (κ3) is 3.46. The monoisotopic (exact) mass is 290 g/mol. The van der Waals surface area contributed by atoms with Crippen LogP contribution >= 0.6 is 0 Å². The maximum atomic E-state index is 11.2. The van der Waals surface area contributed by atoms with Gasteiger partial charge in [0.2, 0.25) is 5.91 Å². The molecule has 1 amide bonds.